The van der Waals surface area contributed by atoms with Crippen molar-refractivity contribution in [2.45, 2.75) is 6.92 Å². The SMILES string of the molecule is Cc1ccc(-c2cc(C(=O)O)no2)c(Cl)n1. The maximum atomic E-state index is 10.6. The first kappa shape index (κ1) is 10.6. The Morgan fingerprint density at radius 1 is 1.50 bits per heavy atom. The van der Waals surface area contributed by atoms with Crippen molar-refractivity contribution in [1.29, 1.82) is 0 Å². The molecule has 16 heavy (non-hydrogen) atoms. The molecule has 0 fully saturated rings. The van der Waals surface area contributed by atoms with Gasteiger partial charge in [-0.1, -0.05) is 16.8 Å². The molecule has 0 spiro atoms. The molecular formula is C10H7ClN2O3. The van der Waals surface area contributed by atoms with E-state index < -0.39 is 5.97 Å². The van der Waals surface area contributed by atoms with Gasteiger partial charge >= 0.3 is 5.97 Å². The molecule has 0 aliphatic rings. The topological polar surface area (TPSA) is 76.2 Å². The van der Waals surface area contributed by atoms with Gasteiger partial charge in [-0.3, -0.25) is 0 Å². The van der Waals surface area contributed by atoms with Gasteiger partial charge in [0.05, 0.1) is 5.56 Å². The lowest BCUT2D eigenvalue weighted by molar-refractivity contribution is 0.0686. The van der Waals surface area contributed by atoms with E-state index in [-0.39, 0.29) is 16.6 Å². The minimum atomic E-state index is -1.15. The Bertz CT molecular complexity index is 551. The standard InChI is InChI=1S/C10H7ClN2O3/c1-5-2-3-6(9(11)12-5)8-4-7(10(14)15)13-16-8/h2-4H,1H3,(H,14,15). The Kier molecular flexibility index (Phi) is 2.62. The van der Waals surface area contributed by atoms with Gasteiger partial charge in [-0.2, -0.15) is 0 Å². The van der Waals surface area contributed by atoms with E-state index in [2.05, 4.69) is 10.1 Å². The minimum absolute atomic E-state index is 0.161. The number of carbonyl (C=O) groups is 1. The Morgan fingerprint density at radius 2 is 2.25 bits per heavy atom. The zero-order chi connectivity index (χ0) is 11.7. The minimum Gasteiger partial charge on any atom is -0.476 e. The fourth-order valence-corrected chi connectivity index (χ4v) is 1.50. The summed E-state index contributed by atoms with van der Waals surface area (Å²) < 4.78 is 4.88. The lowest BCUT2D eigenvalue weighted by Crippen LogP contribution is -1.94. The first-order valence-electron chi connectivity index (χ1n) is 4.41. The largest absolute Gasteiger partial charge is 0.476 e. The van der Waals surface area contributed by atoms with Crippen LogP contribution in [0.5, 0.6) is 0 Å². The highest BCUT2D eigenvalue weighted by molar-refractivity contribution is 6.32. The predicted molar refractivity (Wildman–Crippen MR) is 56.4 cm³/mol. The fraction of sp³-hybridized carbons (Fsp3) is 0.100. The highest BCUT2D eigenvalue weighted by Gasteiger charge is 2.14. The molecule has 5 nitrogen and oxygen atoms in total. The lowest BCUT2D eigenvalue weighted by Gasteiger charge is -1.99. The van der Waals surface area contributed by atoms with Gasteiger partial charge in [0.25, 0.3) is 0 Å². The fourth-order valence-electron chi connectivity index (χ4n) is 1.21. The molecule has 82 valence electrons. The number of carboxylic acid groups (broad SMARTS) is 1. The van der Waals surface area contributed by atoms with Crippen LogP contribution in [-0.4, -0.2) is 21.2 Å². The van der Waals surface area contributed by atoms with Crippen molar-refractivity contribution in [1.82, 2.24) is 10.1 Å². The van der Waals surface area contributed by atoms with Gasteiger partial charge in [-0.25, -0.2) is 9.78 Å². The average molecular weight is 239 g/mol. The molecule has 0 unspecified atom stereocenters. The van der Waals surface area contributed by atoms with Crippen LogP contribution >= 0.6 is 11.6 Å². The van der Waals surface area contributed by atoms with Crippen molar-refractivity contribution < 1.29 is 14.4 Å². The number of pyridine rings is 1. The van der Waals surface area contributed by atoms with E-state index in [0.717, 1.165) is 5.69 Å². The number of aryl methyl sites for hydroxylation is 1. The number of rotatable bonds is 2. The zero-order valence-electron chi connectivity index (χ0n) is 8.27. The van der Waals surface area contributed by atoms with Crippen LogP contribution in [0.1, 0.15) is 16.2 Å². The van der Waals surface area contributed by atoms with Gasteiger partial charge in [0.15, 0.2) is 11.5 Å². The molecule has 6 heteroatoms. The Morgan fingerprint density at radius 3 is 2.81 bits per heavy atom. The van der Waals surface area contributed by atoms with Crippen molar-refractivity contribution in [3.05, 3.63) is 34.7 Å². The summed E-state index contributed by atoms with van der Waals surface area (Å²) in [4.78, 5) is 14.6. The first-order chi connectivity index (χ1) is 7.58. The number of aromatic carboxylic acids is 1. The Balaban J connectivity index is 2.46. The molecule has 0 bridgehead atoms. The third kappa shape index (κ3) is 1.90. The smallest absolute Gasteiger partial charge is 0.358 e. The van der Waals surface area contributed by atoms with E-state index in [0.29, 0.717) is 5.56 Å². The van der Waals surface area contributed by atoms with Crippen LogP contribution < -0.4 is 0 Å². The van der Waals surface area contributed by atoms with Crippen LogP contribution in [0.3, 0.4) is 0 Å². The van der Waals surface area contributed by atoms with Gasteiger partial charge in [-0.15, -0.1) is 0 Å². The molecule has 0 radical (unpaired) electrons. The third-order valence-corrected chi connectivity index (χ3v) is 2.27. The molecular weight excluding hydrogens is 232 g/mol. The van der Waals surface area contributed by atoms with Crippen molar-refractivity contribution in [2.75, 3.05) is 0 Å². The molecule has 2 rings (SSSR count). The normalized spacial score (nSPS) is 10.4. The van der Waals surface area contributed by atoms with Gasteiger partial charge in [0.2, 0.25) is 0 Å². The van der Waals surface area contributed by atoms with Gasteiger partial charge in [0, 0.05) is 11.8 Å². The molecule has 0 aliphatic carbocycles. The van der Waals surface area contributed by atoms with Crippen LogP contribution in [0, 0.1) is 6.92 Å². The van der Waals surface area contributed by atoms with Gasteiger partial charge < -0.3 is 9.63 Å². The molecule has 2 aromatic rings. The number of halogens is 1. The predicted octanol–water partition coefficient (Wildman–Crippen LogP) is 2.40. The van der Waals surface area contributed by atoms with Crippen LogP contribution in [0.4, 0.5) is 0 Å². The molecule has 2 aromatic heterocycles. The van der Waals surface area contributed by atoms with Crippen molar-refractivity contribution in [3.63, 3.8) is 0 Å². The van der Waals surface area contributed by atoms with E-state index in [1.165, 1.54) is 6.07 Å². The average Bonchev–Trinajstić information content (AvgIpc) is 2.66. The summed E-state index contributed by atoms with van der Waals surface area (Å²) in [7, 11) is 0. The molecule has 0 aromatic carbocycles. The van der Waals surface area contributed by atoms with Crippen molar-refractivity contribution >= 4 is 17.6 Å². The van der Waals surface area contributed by atoms with Gasteiger partial charge in [0.1, 0.15) is 5.15 Å². The number of hydrogen-bond donors (Lipinski definition) is 1. The maximum absolute atomic E-state index is 10.6. The summed E-state index contributed by atoms with van der Waals surface area (Å²) in [6, 6.07) is 4.77. The monoisotopic (exact) mass is 238 g/mol. The second kappa shape index (κ2) is 3.94. The number of carboxylic acids is 1. The van der Waals surface area contributed by atoms with E-state index in [4.69, 9.17) is 21.2 Å². The summed E-state index contributed by atoms with van der Waals surface area (Å²) in [5.41, 5.74) is 1.13. The highest BCUT2D eigenvalue weighted by Crippen LogP contribution is 2.26. The van der Waals surface area contributed by atoms with E-state index >= 15 is 0 Å². The molecule has 0 amide bonds. The molecule has 1 N–H and O–H groups in total. The zero-order valence-corrected chi connectivity index (χ0v) is 9.02. The van der Waals surface area contributed by atoms with Crippen molar-refractivity contribution in [2.24, 2.45) is 0 Å². The molecule has 0 saturated carbocycles. The summed E-state index contributed by atoms with van der Waals surface area (Å²) in [6.07, 6.45) is 0. The van der Waals surface area contributed by atoms with Crippen LogP contribution in [0.25, 0.3) is 11.3 Å². The molecule has 0 aliphatic heterocycles. The van der Waals surface area contributed by atoms with Gasteiger partial charge in [-0.05, 0) is 19.1 Å². The van der Waals surface area contributed by atoms with Crippen LogP contribution in [-0.2, 0) is 0 Å². The third-order valence-electron chi connectivity index (χ3n) is 1.98. The highest BCUT2D eigenvalue weighted by atomic mass is 35.5. The number of hydrogen-bond acceptors (Lipinski definition) is 4. The second-order valence-electron chi connectivity index (χ2n) is 3.17. The Labute approximate surface area is 95.7 Å². The quantitative estimate of drug-likeness (QED) is 0.813. The summed E-state index contributed by atoms with van der Waals surface area (Å²) in [5.74, 6) is -0.860. The van der Waals surface area contributed by atoms with E-state index in [9.17, 15) is 4.79 Å². The number of aromatic nitrogens is 2. The van der Waals surface area contributed by atoms with Crippen LogP contribution in [0.15, 0.2) is 22.7 Å². The van der Waals surface area contributed by atoms with Crippen molar-refractivity contribution in [3.8, 4) is 11.3 Å². The Hall–Kier alpha value is -1.88. The molecule has 0 saturated heterocycles. The second-order valence-corrected chi connectivity index (χ2v) is 3.53. The van der Waals surface area contributed by atoms with E-state index in [1.54, 1.807) is 19.1 Å². The molecule has 2 heterocycles. The molecule has 0 atom stereocenters. The summed E-state index contributed by atoms with van der Waals surface area (Å²) in [6.45, 7) is 1.80. The lowest BCUT2D eigenvalue weighted by atomic mass is 10.2. The van der Waals surface area contributed by atoms with Crippen LogP contribution in [0.2, 0.25) is 5.15 Å². The summed E-state index contributed by atoms with van der Waals surface area (Å²) in [5, 5.41) is 12.3. The first-order valence-corrected chi connectivity index (χ1v) is 4.79. The maximum Gasteiger partial charge on any atom is 0.358 e. The number of nitrogens with zero attached hydrogens (tertiary/aromatic N) is 2. The summed E-state index contributed by atoms with van der Waals surface area (Å²) >= 11 is 5.91. The van der Waals surface area contributed by atoms with E-state index in [1.807, 2.05) is 0 Å².